The van der Waals surface area contributed by atoms with Gasteiger partial charge in [-0.3, -0.25) is 0 Å². The van der Waals surface area contributed by atoms with Gasteiger partial charge in [0.15, 0.2) is 0 Å². The van der Waals surface area contributed by atoms with Gasteiger partial charge < -0.3 is 5.11 Å². The van der Waals surface area contributed by atoms with Gasteiger partial charge in [0.25, 0.3) is 0 Å². The maximum Gasteiger partial charge on any atom is 0.136 e. The highest BCUT2D eigenvalue weighted by atomic mass is 32.1. The van der Waals surface area contributed by atoms with Crippen molar-refractivity contribution in [3.05, 3.63) is 48.5 Å². The van der Waals surface area contributed by atoms with Gasteiger partial charge in [-0.15, -0.1) is 12.6 Å². The fourth-order valence-electron chi connectivity index (χ4n) is 2.78. The number of hydrogen-bond donors (Lipinski definition) is 2. The normalized spacial score (nSPS) is 11.8. The van der Waals surface area contributed by atoms with Crippen molar-refractivity contribution in [1.29, 1.82) is 0 Å². The molecule has 0 heterocycles. The molecule has 0 saturated heterocycles. The Kier molecular flexibility index (Phi) is 1.84. The summed E-state index contributed by atoms with van der Waals surface area (Å²) >= 11 is 4.33. The summed E-state index contributed by atoms with van der Waals surface area (Å²) < 4.78 is 0. The predicted octanol–water partition coefficient (Wildman–Crippen LogP) is 4.58. The number of thiol groups is 1. The van der Waals surface area contributed by atoms with Crippen LogP contribution in [-0.2, 0) is 0 Å². The lowest BCUT2D eigenvalue weighted by molar-refractivity contribution is 0.469. The molecule has 1 nitrogen and oxygen atoms in total. The zero-order chi connectivity index (χ0) is 12.3. The molecule has 0 aromatic heterocycles. The Morgan fingerprint density at radius 1 is 0.778 bits per heavy atom. The zero-order valence-electron chi connectivity index (χ0n) is 9.51. The van der Waals surface area contributed by atoms with Crippen LogP contribution in [0.2, 0.25) is 0 Å². The molecule has 0 atom stereocenters. The molecule has 4 aromatic rings. The predicted molar refractivity (Wildman–Crippen MR) is 79.1 cm³/mol. The van der Waals surface area contributed by atoms with E-state index in [0.29, 0.717) is 4.90 Å². The van der Waals surface area contributed by atoms with Gasteiger partial charge in [0.2, 0.25) is 0 Å². The van der Waals surface area contributed by atoms with Gasteiger partial charge in [-0.2, -0.15) is 0 Å². The number of benzene rings is 4. The molecule has 4 aromatic carbocycles. The summed E-state index contributed by atoms with van der Waals surface area (Å²) in [7, 11) is 0. The van der Waals surface area contributed by atoms with E-state index in [4.69, 9.17) is 0 Å². The molecule has 0 unspecified atom stereocenters. The zero-order valence-corrected chi connectivity index (χ0v) is 10.4. The second kappa shape index (κ2) is 3.30. The molecule has 0 fully saturated rings. The van der Waals surface area contributed by atoms with E-state index in [9.17, 15) is 5.11 Å². The second-order valence-corrected chi connectivity index (χ2v) is 5.08. The van der Waals surface area contributed by atoms with Crippen LogP contribution in [0.25, 0.3) is 32.3 Å². The molecule has 86 valence electrons. The fourth-order valence-corrected chi connectivity index (χ4v) is 3.04. The number of aromatic hydroxyl groups is 1. The van der Waals surface area contributed by atoms with Crippen LogP contribution < -0.4 is 0 Å². The van der Waals surface area contributed by atoms with E-state index >= 15 is 0 Å². The van der Waals surface area contributed by atoms with E-state index < -0.39 is 0 Å². The van der Waals surface area contributed by atoms with Crippen molar-refractivity contribution in [2.45, 2.75) is 4.90 Å². The summed E-state index contributed by atoms with van der Waals surface area (Å²) in [6.07, 6.45) is 0. The largest absolute Gasteiger partial charge is 0.506 e. The molecule has 0 spiro atoms. The molecule has 18 heavy (non-hydrogen) atoms. The average molecular weight is 250 g/mol. The Balaban J connectivity index is 2.46. The topological polar surface area (TPSA) is 20.2 Å². The summed E-state index contributed by atoms with van der Waals surface area (Å²) in [4.78, 5) is 0.626. The van der Waals surface area contributed by atoms with Crippen LogP contribution in [0.5, 0.6) is 5.75 Å². The van der Waals surface area contributed by atoms with Gasteiger partial charge in [-0.1, -0.05) is 36.4 Å². The molecule has 0 amide bonds. The first kappa shape index (κ1) is 10.0. The molecular weight excluding hydrogens is 240 g/mol. The maximum absolute atomic E-state index is 10.2. The van der Waals surface area contributed by atoms with Crippen LogP contribution in [0.15, 0.2) is 53.4 Å². The van der Waals surface area contributed by atoms with E-state index in [1.165, 1.54) is 16.2 Å². The van der Waals surface area contributed by atoms with Crippen LogP contribution in [-0.4, -0.2) is 5.11 Å². The second-order valence-electron chi connectivity index (χ2n) is 4.60. The van der Waals surface area contributed by atoms with Crippen molar-refractivity contribution in [2.75, 3.05) is 0 Å². The first-order chi connectivity index (χ1) is 8.75. The van der Waals surface area contributed by atoms with Gasteiger partial charge >= 0.3 is 0 Å². The van der Waals surface area contributed by atoms with Gasteiger partial charge in [0.1, 0.15) is 5.75 Å². The van der Waals surface area contributed by atoms with E-state index in [2.05, 4.69) is 49.0 Å². The quantitative estimate of drug-likeness (QED) is 0.346. The fraction of sp³-hybridized carbons (Fsp3) is 0. The summed E-state index contributed by atoms with van der Waals surface area (Å²) in [5.41, 5.74) is 0. The van der Waals surface area contributed by atoms with Crippen molar-refractivity contribution < 1.29 is 5.11 Å². The van der Waals surface area contributed by atoms with E-state index in [1.54, 1.807) is 0 Å². The van der Waals surface area contributed by atoms with E-state index in [0.717, 1.165) is 16.2 Å². The van der Waals surface area contributed by atoms with Crippen LogP contribution in [0.4, 0.5) is 0 Å². The SMILES string of the molecule is Oc1c(S)cc2ccc3cccc4ccc1c2c34. The number of phenols is 1. The Morgan fingerprint density at radius 2 is 1.44 bits per heavy atom. The first-order valence-electron chi connectivity index (χ1n) is 5.84. The Morgan fingerprint density at radius 3 is 2.22 bits per heavy atom. The van der Waals surface area contributed by atoms with Gasteiger partial charge in [0, 0.05) is 15.7 Å². The minimum atomic E-state index is 0.268. The molecule has 0 aliphatic heterocycles. The molecule has 2 heteroatoms. The third-order valence-electron chi connectivity index (χ3n) is 3.60. The molecule has 0 aliphatic carbocycles. The summed E-state index contributed by atoms with van der Waals surface area (Å²) in [5.74, 6) is 0.268. The van der Waals surface area contributed by atoms with Crippen LogP contribution in [0.1, 0.15) is 0 Å². The third-order valence-corrected chi connectivity index (χ3v) is 3.94. The molecule has 0 saturated carbocycles. The third kappa shape index (κ3) is 1.13. The van der Waals surface area contributed by atoms with E-state index in [1.807, 2.05) is 12.1 Å². The van der Waals surface area contributed by atoms with Crippen molar-refractivity contribution >= 4 is 44.9 Å². The minimum Gasteiger partial charge on any atom is -0.506 e. The number of rotatable bonds is 0. The van der Waals surface area contributed by atoms with Crippen molar-refractivity contribution in [1.82, 2.24) is 0 Å². The average Bonchev–Trinajstić information content (AvgIpc) is 2.40. The summed E-state index contributed by atoms with van der Waals surface area (Å²) in [5, 5.41) is 16.9. The monoisotopic (exact) mass is 250 g/mol. The highest BCUT2D eigenvalue weighted by molar-refractivity contribution is 7.80. The smallest absolute Gasteiger partial charge is 0.136 e. The number of hydrogen-bond acceptors (Lipinski definition) is 2. The van der Waals surface area contributed by atoms with Crippen LogP contribution in [0, 0.1) is 0 Å². The number of phenolic OH excluding ortho intramolecular Hbond substituents is 1. The lowest BCUT2D eigenvalue weighted by Crippen LogP contribution is -1.84. The van der Waals surface area contributed by atoms with Gasteiger partial charge in [-0.05, 0) is 33.7 Å². The minimum absolute atomic E-state index is 0.268. The highest BCUT2D eigenvalue weighted by Crippen LogP contribution is 2.40. The van der Waals surface area contributed by atoms with E-state index in [-0.39, 0.29) is 5.75 Å². The molecular formula is C16H10OS. The summed E-state index contributed by atoms with van der Waals surface area (Å²) in [6.45, 7) is 0. The van der Waals surface area contributed by atoms with Crippen molar-refractivity contribution in [2.24, 2.45) is 0 Å². The molecule has 1 N–H and O–H groups in total. The van der Waals surface area contributed by atoms with Crippen molar-refractivity contribution in [3.63, 3.8) is 0 Å². The molecule has 0 radical (unpaired) electrons. The van der Waals surface area contributed by atoms with Gasteiger partial charge in [-0.25, -0.2) is 0 Å². The van der Waals surface area contributed by atoms with Crippen LogP contribution in [0.3, 0.4) is 0 Å². The standard InChI is InChI=1S/C16H10OS/c17-16-12-7-6-10-3-1-2-9-4-5-11(8-13(16)18)15(12)14(9)10/h1-8,17-18H. The Hall–Kier alpha value is -1.93. The molecule has 4 rings (SSSR count). The lowest BCUT2D eigenvalue weighted by atomic mass is 9.94. The summed E-state index contributed by atoms with van der Waals surface area (Å²) in [6, 6.07) is 16.4. The highest BCUT2D eigenvalue weighted by Gasteiger charge is 2.12. The molecule has 0 aliphatic rings. The molecule has 0 bridgehead atoms. The lowest BCUT2D eigenvalue weighted by Gasteiger charge is -2.12. The van der Waals surface area contributed by atoms with Crippen LogP contribution >= 0.6 is 12.6 Å². The Labute approximate surface area is 109 Å². The Bertz CT molecular complexity index is 880. The maximum atomic E-state index is 10.2. The van der Waals surface area contributed by atoms with Gasteiger partial charge in [0.05, 0.1) is 0 Å². The first-order valence-corrected chi connectivity index (χ1v) is 6.29. The van der Waals surface area contributed by atoms with Crippen molar-refractivity contribution in [3.8, 4) is 5.75 Å².